The maximum absolute atomic E-state index is 3.68. The summed E-state index contributed by atoms with van der Waals surface area (Å²) in [4.78, 5) is 2.34. The predicted octanol–water partition coefficient (Wildman–Crippen LogP) is 2.50. The molecule has 2 nitrogen and oxygen atoms in total. The number of nitrogens with zero attached hydrogens (tertiary/aromatic N) is 1. The molecule has 1 rings (SSSR count). The summed E-state index contributed by atoms with van der Waals surface area (Å²) < 4.78 is 0. The molecule has 0 aromatic heterocycles. The van der Waals surface area contributed by atoms with E-state index in [4.69, 9.17) is 0 Å². The summed E-state index contributed by atoms with van der Waals surface area (Å²) in [5, 5.41) is 3.68. The lowest BCUT2D eigenvalue weighted by molar-refractivity contribution is 0.180. The van der Waals surface area contributed by atoms with Crippen molar-refractivity contribution in [3.05, 3.63) is 0 Å². The molecule has 15 heavy (non-hydrogen) atoms. The Morgan fingerprint density at radius 3 is 2.07 bits per heavy atom. The van der Waals surface area contributed by atoms with Crippen LogP contribution in [-0.4, -0.2) is 37.6 Å². The third-order valence-electron chi connectivity index (χ3n) is 3.31. The molecule has 0 radical (unpaired) electrons. The number of hydrogen-bond donors (Lipinski definition) is 1. The molecule has 0 bridgehead atoms. The smallest absolute Gasteiger partial charge is 0.00967 e. The molecule has 2 heteroatoms. The van der Waals surface area contributed by atoms with Crippen LogP contribution in [0.15, 0.2) is 0 Å². The van der Waals surface area contributed by atoms with Gasteiger partial charge in [0.2, 0.25) is 0 Å². The first-order chi connectivity index (χ1) is 6.83. The van der Waals surface area contributed by atoms with Crippen LogP contribution >= 0.6 is 0 Å². The Kier molecular flexibility index (Phi) is 4.19. The lowest BCUT2D eigenvalue weighted by Crippen LogP contribution is -2.46. The highest BCUT2D eigenvalue weighted by Crippen LogP contribution is 2.38. The SMILES string of the molecule is CN(C)CC1(CNC(C)(C)C)CCCC1. The lowest BCUT2D eigenvalue weighted by atomic mass is 9.85. The highest BCUT2D eigenvalue weighted by atomic mass is 15.1. The van der Waals surface area contributed by atoms with Crippen molar-refractivity contribution in [1.82, 2.24) is 10.2 Å². The molecule has 1 fully saturated rings. The van der Waals surface area contributed by atoms with Crippen LogP contribution in [0.3, 0.4) is 0 Å². The Hall–Kier alpha value is -0.0800. The highest BCUT2D eigenvalue weighted by molar-refractivity contribution is 4.90. The van der Waals surface area contributed by atoms with Crippen LogP contribution in [0.2, 0.25) is 0 Å². The molecule has 0 saturated heterocycles. The molecule has 90 valence electrons. The summed E-state index contributed by atoms with van der Waals surface area (Å²) in [5.74, 6) is 0. The second-order valence-electron chi connectivity index (χ2n) is 6.55. The summed E-state index contributed by atoms with van der Waals surface area (Å²) in [6.45, 7) is 9.17. The Labute approximate surface area is 95.4 Å². The summed E-state index contributed by atoms with van der Waals surface area (Å²) in [5.41, 5.74) is 0.790. The van der Waals surface area contributed by atoms with E-state index in [0.717, 1.165) is 0 Å². The number of nitrogens with one attached hydrogen (secondary N) is 1. The van der Waals surface area contributed by atoms with Crippen molar-refractivity contribution >= 4 is 0 Å². The van der Waals surface area contributed by atoms with Crippen LogP contribution in [-0.2, 0) is 0 Å². The number of hydrogen-bond acceptors (Lipinski definition) is 2. The van der Waals surface area contributed by atoms with Gasteiger partial charge < -0.3 is 10.2 Å². The standard InChI is InChI=1S/C13H28N2/c1-12(2,3)14-10-13(11-15(4)5)8-6-7-9-13/h14H,6-11H2,1-5H3. The van der Waals surface area contributed by atoms with E-state index in [-0.39, 0.29) is 5.54 Å². The fraction of sp³-hybridized carbons (Fsp3) is 1.00. The van der Waals surface area contributed by atoms with E-state index < -0.39 is 0 Å². The lowest BCUT2D eigenvalue weighted by Gasteiger charge is -2.35. The molecule has 0 aromatic carbocycles. The zero-order valence-electron chi connectivity index (χ0n) is 11.2. The van der Waals surface area contributed by atoms with Gasteiger partial charge in [0.1, 0.15) is 0 Å². The third kappa shape index (κ3) is 4.52. The maximum Gasteiger partial charge on any atom is 0.00967 e. The normalized spacial score (nSPS) is 21.2. The van der Waals surface area contributed by atoms with Crippen LogP contribution < -0.4 is 5.32 Å². The van der Waals surface area contributed by atoms with E-state index in [2.05, 4.69) is 45.1 Å². The van der Waals surface area contributed by atoms with Gasteiger partial charge in [-0.3, -0.25) is 0 Å². The van der Waals surface area contributed by atoms with Gasteiger partial charge in [0.05, 0.1) is 0 Å². The van der Waals surface area contributed by atoms with Crippen LogP contribution in [0.1, 0.15) is 46.5 Å². The zero-order valence-corrected chi connectivity index (χ0v) is 11.2. The van der Waals surface area contributed by atoms with E-state index in [1.165, 1.54) is 38.8 Å². The minimum Gasteiger partial charge on any atom is -0.311 e. The van der Waals surface area contributed by atoms with Gasteiger partial charge in [-0.1, -0.05) is 12.8 Å². The van der Waals surface area contributed by atoms with Gasteiger partial charge in [0, 0.05) is 18.6 Å². The van der Waals surface area contributed by atoms with Gasteiger partial charge >= 0.3 is 0 Å². The van der Waals surface area contributed by atoms with Gasteiger partial charge in [-0.15, -0.1) is 0 Å². The fourth-order valence-corrected chi connectivity index (χ4v) is 2.64. The largest absolute Gasteiger partial charge is 0.311 e. The van der Waals surface area contributed by atoms with E-state index in [0.29, 0.717) is 5.41 Å². The first kappa shape index (κ1) is 13.0. The molecular weight excluding hydrogens is 184 g/mol. The van der Waals surface area contributed by atoms with Crippen molar-refractivity contribution in [1.29, 1.82) is 0 Å². The monoisotopic (exact) mass is 212 g/mol. The van der Waals surface area contributed by atoms with Crippen molar-refractivity contribution < 1.29 is 0 Å². The molecular formula is C13H28N2. The van der Waals surface area contributed by atoms with Crippen LogP contribution in [0.25, 0.3) is 0 Å². The topological polar surface area (TPSA) is 15.3 Å². The highest BCUT2D eigenvalue weighted by Gasteiger charge is 2.34. The Morgan fingerprint density at radius 1 is 1.13 bits per heavy atom. The Bertz CT molecular complexity index is 185. The van der Waals surface area contributed by atoms with Crippen molar-refractivity contribution in [3.63, 3.8) is 0 Å². The zero-order chi connectivity index (χ0) is 11.5. The van der Waals surface area contributed by atoms with E-state index in [9.17, 15) is 0 Å². The van der Waals surface area contributed by atoms with Crippen LogP contribution in [0.5, 0.6) is 0 Å². The molecule has 0 heterocycles. The summed E-state index contributed by atoms with van der Waals surface area (Å²) >= 11 is 0. The minimum atomic E-state index is 0.252. The van der Waals surface area contributed by atoms with Crippen molar-refractivity contribution in [2.75, 3.05) is 27.2 Å². The number of rotatable bonds is 4. The van der Waals surface area contributed by atoms with E-state index >= 15 is 0 Å². The molecule has 1 aliphatic carbocycles. The fourth-order valence-electron chi connectivity index (χ4n) is 2.64. The van der Waals surface area contributed by atoms with Crippen LogP contribution in [0.4, 0.5) is 0 Å². The summed E-state index contributed by atoms with van der Waals surface area (Å²) in [7, 11) is 4.38. The van der Waals surface area contributed by atoms with Gasteiger partial charge in [0.15, 0.2) is 0 Å². The van der Waals surface area contributed by atoms with Gasteiger partial charge in [-0.2, -0.15) is 0 Å². The molecule has 0 aliphatic heterocycles. The molecule has 0 spiro atoms. The van der Waals surface area contributed by atoms with Crippen LogP contribution in [0, 0.1) is 5.41 Å². The van der Waals surface area contributed by atoms with Crippen molar-refractivity contribution in [2.45, 2.75) is 52.0 Å². The first-order valence-corrected chi connectivity index (χ1v) is 6.23. The summed E-state index contributed by atoms with van der Waals surface area (Å²) in [6.07, 6.45) is 5.63. The molecule has 1 N–H and O–H groups in total. The maximum atomic E-state index is 3.68. The second-order valence-corrected chi connectivity index (χ2v) is 6.55. The van der Waals surface area contributed by atoms with Crippen molar-refractivity contribution in [3.8, 4) is 0 Å². The first-order valence-electron chi connectivity index (χ1n) is 6.23. The molecule has 0 unspecified atom stereocenters. The predicted molar refractivity (Wildman–Crippen MR) is 67.2 cm³/mol. The molecule has 0 aromatic rings. The molecule has 0 atom stereocenters. The van der Waals surface area contributed by atoms with Gasteiger partial charge in [0.25, 0.3) is 0 Å². The molecule has 1 saturated carbocycles. The quantitative estimate of drug-likeness (QED) is 0.770. The second kappa shape index (κ2) is 4.84. The van der Waals surface area contributed by atoms with Crippen molar-refractivity contribution in [2.24, 2.45) is 5.41 Å². The Balaban J connectivity index is 2.50. The van der Waals surface area contributed by atoms with E-state index in [1.54, 1.807) is 0 Å². The van der Waals surface area contributed by atoms with E-state index in [1.807, 2.05) is 0 Å². The average molecular weight is 212 g/mol. The average Bonchev–Trinajstić information content (AvgIpc) is 2.48. The minimum absolute atomic E-state index is 0.252. The van der Waals surface area contributed by atoms with Gasteiger partial charge in [-0.25, -0.2) is 0 Å². The molecule has 1 aliphatic rings. The Morgan fingerprint density at radius 2 is 1.67 bits per heavy atom. The molecule has 0 amide bonds. The van der Waals surface area contributed by atoms with Gasteiger partial charge in [-0.05, 0) is 53.1 Å². The third-order valence-corrected chi connectivity index (χ3v) is 3.31. The summed E-state index contributed by atoms with van der Waals surface area (Å²) in [6, 6.07) is 0.